The topological polar surface area (TPSA) is 81.4 Å². The molecule has 1 aromatic carbocycles. The molecule has 0 aliphatic carbocycles. The fourth-order valence-corrected chi connectivity index (χ4v) is 1.81. The third kappa shape index (κ3) is 3.09. The molecule has 0 saturated heterocycles. The first-order chi connectivity index (χ1) is 10.4. The Labute approximate surface area is 122 Å². The zero-order valence-electron chi connectivity index (χ0n) is 11.6. The van der Waals surface area contributed by atoms with E-state index in [2.05, 4.69) is 37.6 Å². The van der Waals surface area contributed by atoms with Crippen LogP contribution in [0.4, 0.5) is 0 Å². The molecular formula is C14H15N7. The Kier molecular flexibility index (Phi) is 3.92. The van der Waals surface area contributed by atoms with E-state index in [0.29, 0.717) is 11.8 Å². The molecule has 0 saturated carbocycles. The average molecular weight is 281 g/mol. The van der Waals surface area contributed by atoms with Gasteiger partial charge in [0.25, 0.3) is 5.95 Å². The quantitative estimate of drug-likeness (QED) is 0.757. The third-order valence-electron chi connectivity index (χ3n) is 2.90. The molecule has 3 aromatic rings. The van der Waals surface area contributed by atoms with Crippen LogP contribution in [0, 0.1) is 0 Å². The number of nitrogens with zero attached hydrogens (tertiary/aromatic N) is 6. The molecule has 0 spiro atoms. The number of hydrogen-bond donors (Lipinski definition) is 1. The third-order valence-corrected chi connectivity index (χ3v) is 2.90. The molecule has 0 amide bonds. The summed E-state index contributed by atoms with van der Waals surface area (Å²) in [7, 11) is 0. The van der Waals surface area contributed by atoms with E-state index in [-0.39, 0.29) is 0 Å². The highest BCUT2D eigenvalue weighted by atomic mass is 15.6. The Balaban J connectivity index is 1.80. The van der Waals surface area contributed by atoms with Gasteiger partial charge in [0.2, 0.25) is 5.82 Å². The van der Waals surface area contributed by atoms with Crippen molar-refractivity contribution >= 4 is 0 Å². The van der Waals surface area contributed by atoms with E-state index >= 15 is 0 Å². The Morgan fingerprint density at radius 1 is 1.10 bits per heavy atom. The first-order valence-corrected chi connectivity index (χ1v) is 6.74. The van der Waals surface area contributed by atoms with Crippen molar-refractivity contribution in [2.24, 2.45) is 0 Å². The lowest BCUT2D eigenvalue weighted by Gasteiger charge is -2.01. The summed E-state index contributed by atoms with van der Waals surface area (Å²) in [6.45, 7) is 3.71. The van der Waals surface area contributed by atoms with E-state index in [1.54, 1.807) is 12.4 Å². The first kappa shape index (κ1) is 13.3. The minimum atomic E-state index is 0.407. The van der Waals surface area contributed by atoms with Crippen LogP contribution in [0.2, 0.25) is 0 Å². The van der Waals surface area contributed by atoms with E-state index in [9.17, 15) is 0 Å². The van der Waals surface area contributed by atoms with E-state index in [1.807, 2.05) is 30.3 Å². The molecule has 7 heteroatoms. The van der Waals surface area contributed by atoms with Gasteiger partial charge in [-0.15, -0.1) is 10.2 Å². The zero-order chi connectivity index (χ0) is 14.5. The van der Waals surface area contributed by atoms with E-state index < -0.39 is 0 Å². The van der Waals surface area contributed by atoms with Gasteiger partial charge in [0.15, 0.2) is 0 Å². The van der Waals surface area contributed by atoms with Crippen LogP contribution in [-0.2, 0) is 6.54 Å². The van der Waals surface area contributed by atoms with Crippen LogP contribution in [0.3, 0.4) is 0 Å². The average Bonchev–Trinajstić information content (AvgIpc) is 3.04. The highest BCUT2D eigenvalue weighted by molar-refractivity contribution is 5.53. The lowest BCUT2D eigenvalue weighted by atomic mass is 10.2. The molecule has 0 fully saturated rings. The van der Waals surface area contributed by atoms with Gasteiger partial charge >= 0.3 is 0 Å². The number of aromatic nitrogens is 6. The molecule has 0 aliphatic rings. The van der Waals surface area contributed by atoms with E-state index in [4.69, 9.17) is 0 Å². The molecule has 21 heavy (non-hydrogen) atoms. The van der Waals surface area contributed by atoms with Crippen LogP contribution in [0.15, 0.2) is 42.7 Å². The maximum atomic E-state index is 4.30. The molecule has 0 atom stereocenters. The molecule has 0 bridgehead atoms. The number of hydrogen-bond acceptors (Lipinski definition) is 6. The van der Waals surface area contributed by atoms with Gasteiger partial charge in [-0.25, -0.2) is 9.97 Å². The fourth-order valence-electron chi connectivity index (χ4n) is 1.81. The lowest BCUT2D eigenvalue weighted by molar-refractivity contribution is 0.669. The van der Waals surface area contributed by atoms with Crippen LogP contribution in [0.1, 0.15) is 12.5 Å². The van der Waals surface area contributed by atoms with Crippen LogP contribution in [0.5, 0.6) is 0 Å². The Morgan fingerprint density at radius 3 is 2.57 bits per heavy atom. The zero-order valence-corrected chi connectivity index (χ0v) is 11.6. The molecule has 2 aromatic heterocycles. The van der Waals surface area contributed by atoms with Gasteiger partial charge in [0.05, 0.1) is 0 Å². The van der Waals surface area contributed by atoms with Gasteiger partial charge in [0, 0.05) is 30.1 Å². The Hall–Kier alpha value is -2.67. The summed E-state index contributed by atoms with van der Waals surface area (Å²) in [5.41, 5.74) is 1.93. The number of rotatable bonds is 5. The second-order valence-electron chi connectivity index (χ2n) is 4.44. The minimum Gasteiger partial charge on any atom is -0.313 e. The van der Waals surface area contributed by atoms with Crippen LogP contribution < -0.4 is 5.32 Å². The van der Waals surface area contributed by atoms with Crippen LogP contribution in [0.25, 0.3) is 17.3 Å². The first-order valence-electron chi connectivity index (χ1n) is 6.74. The Morgan fingerprint density at radius 2 is 1.86 bits per heavy atom. The highest BCUT2D eigenvalue weighted by Gasteiger charge is 2.08. The van der Waals surface area contributed by atoms with Crippen LogP contribution in [-0.4, -0.2) is 36.7 Å². The number of benzene rings is 1. The van der Waals surface area contributed by atoms with Gasteiger partial charge in [-0.05, 0) is 11.8 Å². The molecule has 2 heterocycles. The summed E-state index contributed by atoms with van der Waals surface area (Å²) < 4.78 is 0. The molecule has 7 nitrogen and oxygen atoms in total. The van der Waals surface area contributed by atoms with Crippen molar-refractivity contribution in [2.75, 3.05) is 6.54 Å². The van der Waals surface area contributed by atoms with Crippen molar-refractivity contribution in [3.8, 4) is 17.3 Å². The molecule has 0 unspecified atom stereocenters. The summed E-state index contributed by atoms with van der Waals surface area (Å²) in [5.74, 6) is 0.959. The Bertz CT molecular complexity index is 691. The smallest absolute Gasteiger partial charge is 0.270 e. The molecule has 106 valence electrons. The summed E-state index contributed by atoms with van der Waals surface area (Å²) in [6, 6.07) is 9.67. The fraction of sp³-hybridized carbons (Fsp3) is 0.214. The number of tetrazole rings is 1. The summed E-state index contributed by atoms with van der Waals surface area (Å²) in [5, 5.41) is 15.5. The molecule has 0 radical (unpaired) electrons. The van der Waals surface area contributed by atoms with Crippen molar-refractivity contribution < 1.29 is 0 Å². The van der Waals surface area contributed by atoms with Gasteiger partial charge in [-0.3, -0.25) is 0 Å². The largest absolute Gasteiger partial charge is 0.313 e. The van der Waals surface area contributed by atoms with Crippen molar-refractivity contribution in [2.45, 2.75) is 13.5 Å². The van der Waals surface area contributed by atoms with Crippen molar-refractivity contribution in [1.82, 2.24) is 35.5 Å². The summed E-state index contributed by atoms with van der Waals surface area (Å²) in [6.07, 6.45) is 3.52. The predicted molar refractivity (Wildman–Crippen MR) is 77.6 cm³/mol. The van der Waals surface area contributed by atoms with Crippen molar-refractivity contribution in [3.63, 3.8) is 0 Å². The van der Waals surface area contributed by atoms with Gasteiger partial charge in [-0.1, -0.05) is 42.1 Å². The van der Waals surface area contributed by atoms with Gasteiger partial charge in [0.1, 0.15) is 0 Å². The van der Waals surface area contributed by atoms with Crippen LogP contribution >= 0.6 is 0 Å². The molecule has 1 N–H and O–H groups in total. The second-order valence-corrected chi connectivity index (χ2v) is 4.44. The second kappa shape index (κ2) is 6.19. The van der Waals surface area contributed by atoms with Crippen molar-refractivity contribution in [3.05, 3.63) is 48.3 Å². The lowest BCUT2D eigenvalue weighted by Crippen LogP contribution is -2.13. The maximum Gasteiger partial charge on any atom is 0.270 e. The predicted octanol–water partition coefficient (Wildman–Crippen LogP) is 1.23. The summed E-state index contributed by atoms with van der Waals surface area (Å²) in [4.78, 5) is 9.84. The maximum absolute atomic E-state index is 4.30. The normalized spacial score (nSPS) is 10.7. The molecule has 3 rings (SSSR count). The highest BCUT2D eigenvalue weighted by Crippen LogP contribution is 2.12. The SMILES string of the molecule is CCNCc1cnc(-n2nnc(-c3ccccc3)n2)nc1. The number of nitrogens with one attached hydrogen (secondary N) is 1. The molecule has 0 aliphatic heterocycles. The molecular weight excluding hydrogens is 266 g/mol. The monoisotopic (exact) mass is 281 g/mol. The summed E-state index contributed by atoms with van der Waals surface area (Å²) >= 11 is 0. The van der Waals surface area contributed by atoms with Gasteiger partial charge in [-0.2, -0.15) is 0 Å². The van der Waals surface area contributed by atoms with E-state index in [1.165, 1.54) is 4.80 Å². The standard InChI is InChI=1S/C14H15N7/c1-2-15-8-11-9-16-14(17-10-11)21-19-13(18-20-21)12-6-4-3-5-7-12/h3-7,9-10,15H,2,8H2,1H3. The van der Waals surface area contributed by atoms with Gasteiger partial charge < -0.3 is 5.32 Å². The minimum absolute atomic E-state index is 0.407. The van der Waals surface area contributed by atoms with E-state index in [0.717, 1.165) is 24.2 Å². The van der Waals surface area contributed by atoms with Crippen molar-refractivity contribution in [1.29, 1.82) is 0 Å².